The normalized spacial score (nSPS) is 47.8. The molecule has 0 aromatic rings. The van der Waals surface area contributed by atoms with Gasteiger partial charge in [0.1, 0.15) is 0 Å². The second-order valence-electron chi connectivity index (χ2n) is 10.2. The van der Waals surface area contributed by atoms with Gasteiger partial charge in [-0.25, -0.2) is 0 Å². The minimum absolute atomic E-state index is 0.112. The van der Waals surface area contributed by atoms with Crippen LogP contribution in [0.2, 0.25) is 0 Å². The van der Waals surface area contributed by atoms with Crippen molar-refractivity contribution in [3.05, 3.63) is 11.6 Å². The van der Waals surface area contributed by atoms with Gasteiger partial charge in [-0.1, -0.05) is 32.3 Å². The number of hydrogen-bond donors (Lipinski definition) is 2. The molecule has 3 fully saturated rings. The van der Waals surface area contributed by atoms with Crippen LogP contribution in [0.3, 0.4) is 0 Å². The molecule has 2 nitrogen and oxygen atoms in total. The van der Waals surface area contributed by atoms with E-state index in [9.17, 15) is 9.90 Å². The van der Waals surface area contributed by atoms with Gasteiger partial charge in [-0.15, -0.1) is 0 Å². The molecule has 7 atom stereocenters. The summed E-state index contributed by atoms with van der Waals surface area (Å²) in [6.07, 6.45) is 13.1. The smallest absolute Gasteiger partial charge is 0.155 e. The first-order valence-electron chi connectivity index (χ1n) is 10.9. The van der Waals surface area contributed by atoms with Crippen molar-refractivity contribution in [2.45, 2.75) is 84.2 Å². The van der Waals surface area contributed by atoms with E-state index in [2.05, 4.69) is 26.5 Å². The van der Waals surface area contributed by atoms with E-state index in [-0.39, 0.29) is 16.9 Å². The fraction of sp³-hybridized carbons (Fsp3) is 0.870. The zero-order valence-electron chi connectivity index (χ0n) is 16.5. The van der Waals surface area contributed by atoms with Crippen LogP contribution in [0.4, 0.5) is 0 Å². The lowest BCUT2D eigenvalue weighted by Gasteiger charge is -2.61. The third-order valence-electron chi connectivity index (χ3n) is 8.97. The van der Waals surface area contributed by atoms with Crippen LogP contribution in [-0.2, 0) is 4.79 Å². The Balaban J connectivity index is 1.69. The Hall–Kier alpha value is -0.280. The molecule has 4 rings (SSSR count). The summed E-state index contributed by atoms with van der Waals surface area (Å²) in [7, 11) is 0. The van der Waals surface area contributed by atoms with Crippen LogP contribution in [0.15, 0.2) is 11.6 Å². The van der Waals surface area contributed by atoms with E-state index >= 15 is 0 Å². The Morgan fingerprint density at radius 1 is 1.19 bits per heavy atom. The van der Waals surface area contributed by atoms with Crippen molar-refractivity contribution in [1.82, 2.24) is 0 Å². The first-order valence-corrected chi connectivity index (χ1v) is 11.6. The third-order valence-corrected chi connectivity index (χ3v) is 9.29. The number of unbranched alkanes of at least 4 members (excludes halogenated alkanes) is 1. The van der Waals surface area contributed by atoms with Gasteiger partial charge < -0.3 is 5.11 Å². The highest BCUT2D eigenvalue weighted by Crippen LogP contribution is 2.67. The van der Waals surface area contributed by atoms with Crippen molar-refractivity contribution >= 4 is 18.4 Å². The number of hydrogen-bond acceptors (Lipinski definition) is 3. The van der Waals surface area contributed by atoms with Crippen LogP contribution in [0.25, 0.3) is 0 Å². The number of allylic oxidation sites excluding steroid dienone is 1. The summed E-state index contributed by atoms with van der Waals surface area (Å²) in [5.74, 6) is 4.14. The highest BCUT2D eigenvalue weighted by Gasteiger charge is 2.61. The van der Waals surface area contributed by atoms with Gasteiger partial charge in [-0.3, -0.25) is 4.79 Å². The lowest BCUT2D eigenvalue weighted by Crippen LogP contribution is -2.55. The lowest BCUT2D eigenvalue weighted by atomic mass is 9.44. The van der Waals surface area contributed by atoms with Crippen LogP contribution in [0.1, 0.15) is 78.1 Å². The Morgan fingerprint density at radius 3 is 2.77 bits per heavy atom. The SMILES string of the molecule is CC12CCC(=O)C=C1CCC1C2C(CCCCS)CC2(C)C(O)CCC12. The number of rotatable bonds is 4. The minimum atomic E-state index is -0.112. The monoisotopic (exact) mass is 376 g/mol. The predicted molar refractivity (Wildman–Crippen MR) is 109 cm³/mol. The fourth-order valence-electron chi connectivity index (χ4n) is 7.74. The maximum absolute atomic E-state index is 12.1. The summed E-state index contributed by atoms with van der Waals surface area (Å²) in [6, 6.07) is 0. The molecule has 0 aromatic heterocycles. The quantitative estimate of drug-likeness (QED) is 0.522. The summed E-state index contributed by atoms with van der Waals surface area (Å²) in [5.41, 5.74) is 1.79. The van der Waals surface area contributed by atoms with Gasteiger partial charge in [0, 0.05) is 6.42 Å². The van der Waals surface area contributed by atoms with Gasteiger partial charge in [0.2, 0.25) is 0 Å². The van der Waals surface area contributed by atoms with Crippen molar-refractivity contribution in [3.63, 3.8) is 0 Å². The molecule has 0 aromatic carbocycles. The topological polar surface area (TPSA) is 37.3 Å². The summed E-state index contributed by atoms with van der Waals surface area (Å²) in [5, 5.41) is 10.8. The van der Waals surface area contributed by atoms with Crippen LogP contribution < -0.4 is 0 Å². The predicted octanol–water partition coefficient (Wildman–Crippen LogP) is 5.21. The molecule has 7 unspecified atom stereocenters. The van der Waals surface area contributed by atoms with E-state index in [1.54, 1.807) is 0 Å². The first kappa shape index (κ1) is 19.1. The highest BCUT2D eigenvalue weighted by molar-refractivity contribution is 7.80. The minimum Gasteiger partial charge on any atom is -0.393 e. The van der Waals surface area contributed by atoms with Crippen LogP contribution >= 0.6 is 12.6 Å². The Labute approximate surface area is 164 Å². The Bertz CT molecular complexity index is 599. The molecule has 26 heavy (non-hydrogen) atoms. The molecule has 3 saturated carbocycles. The molecule has 1 N–H and O–H groups in total. The zero-order chi connectivity index (χ0) is 18.5. The van der Waals surface area contributed by atoms with Crippen molar-refractivity contribution in [1.29, 1.82) is 0 Å². The van der Waals surface area contributed by atoms with Gasteiger partial charge in [-0.2, -0.15) is 12.6 Å². The summed E-state index contributed by atoms with van der Waals surface area (Å²) in [6.45, 7) is 4.86. The average Bonchev–Trinajstić information content (AvgIpc) is 2.90. The first-order chi connectivity index (χ1) is 12.4. The number of fused-ring (bicyclic) bond motifs is 5. The molecule has 4 aliphatic rings. The Kier molecular flexibility index (Phi) is 5.10. The van der Waals surface area contributed by atoms with Crippen molar-refractivity contribution in [3.8, 4) is 0 Å². The maximum atomic E-state index is 12.1. The molecule has 0 heterocycles. The molecule has 4 aliphatic carbocycles. The largest absolute Gasteiger partial charge is 0.393 e. The number of aliphatic hydroxyl groups is 1. The summed E-state index contributed by atoms with van der Waals surface area (Å²) < 4.78 is 0. The van der Waals surface area contributed by atoms with Gasteiger partial charge in [-0.05, 0) is 91.3 Å². The second kappa shape index (κ2) is 6.95. The zero-order valence-corrected chi connectivity index (χ0v) is 17.4. The number of carbonyl (C=O) groups is 1. The number of carbonyl (C=O) groups excluding carboxylic acids is 1. The molecule has 0 amide bonds. The molecular formula is C23H36O2S. The Morgan fingerprint density at radius 2 is 2.00 bits per heavy atom. The van der Waals surface area contributed by atoms with Crippen LogP contribution in [0.5, 0.6) is 0 Å². The lowest BCUT2D eigenvalue weighted by molar-refractivity contribution is -0.123. The van der Waals surface area contributed by atoms with E-state index in [0.29, 0.717) is 23.5 Å². The molecule has 0 saturated heterocycles. The number of ketones is 1. The van der Waals surface area contributed by atoms with Crippen LogP contribution in [-0.4, -0.2) is 22.7 Å². The van der Waals surface area contributed by atoms with E-state index in [4.69, 9.17) is 0 Å². The highest BCUT2D eigenvalue weighted by atomic mass is 32.1. The van der Waals surface area contributed by atoms with E-state index < -0.39 is 0 Å². The fourth-order valence-corrected chi connectivity index (χ4v) is 7.96. The molecule has 0 aliphatic heterocycles. The molecule has 0 spiro atoms. The van der Waals surface area contributed by atoms with E-state index in [1.165, 1.54) is 44.1 Å². The molecule has 3 heteroatoms. The van der Waals surface area contributed by atoms with Crippen molar-refractivity contribution < 1.29 is 9.90 Å². The van der Waals surface area contributed by atoms with Crippen molar-refractivity contribution in [2.75, 3.05) is 5.75 Å². The van der Waals surface area contributed by atoms with E-state index in [0.717, 1.165) is 37.4 Å². The third kappa shape index (κ3) is 2.83. The van der Waals surface area contributed by atoms with Gasteiger partial charge in [0.15, 0.2) is 5.78 Å². The van der Waals surface area contributed by atoms with Crippen LogP contribution in [0, 0.1) is 34.5 Å². The summed E-state index contributed by atoms with van der Waals surface area (Å²) in [4.78, 5) is 12.1. The van der Waals surface area contributed by atoms with Crippen molar-refractivity contribution in [2.24, 2.45) is 34.5 Å². The standard InChI is InChI=1S/C23H36O2S/c1-22-11-10-17(24)13-16(22)6-7-18-19-8-9-20(25)23(19,2)14-15(21(18)22)5-3-4-12-26/h13,15,18-21,25-26H,3-12,14H2,1-2H3. The number of aliphatic hydroxyl groups excluding tert-OH is 1. The maximum Gasteiger partial charge on any atom is 0.155 e. The molecule has 0 radical (unpaired) electrons. The van der Waals surface area contributed by atoms with Gasteiger partial charge in [0.25, 0.3) is 0 Å². The summed E-state index contributed by atoms with van der Waals surface area (Å²) >= 11 is 4.42. The molecule has 146 valence electrons. The van der Waals surface area contributed by atoms with Gasteiger partial charge in [0.05, 0.1) is 6.10 Å². The van der Waals surface area contributed by atoms with E-state index in [1.807, 2.05) is 6.08 Å². The molecular weight excluding hydrogens is 340 g/mol. The second-order valence-corrected chi connectivity index (χ2v) is 10.6. The molecule has 0 bridgehead atoms. The number of thiol groups is 1. The van der Waals surface area contributed by atoms with Gasteiger partial charge >= 0.3 is 0 Å². The average molecular weight is 377 g/mol.